The minimum absolute atomic E-state index is 0.0407. The van der Waals surface area contributed by atoms with Crippen molar-refractivity contribution in [1.29, 1.82) is 0 Å². The number of rotatable bonds is 10. The van der Waals surface area contributed by atoms with Crippen LogP contribution < -0.4 is 11.1 Å². The number of amides is 1. The van der Waals surface area contributed by atoms with E-state index in [2.05, 4.69) is 10.3 Å². The van der Waals surface area contributed by atoms with Gasteiger partial charge >= 0.3 is 0 Å². The van der Waals surface area contributed by atoms with Gasteiger partial charge in [0.2, 0.25) is 5.91 Å². The van der Waals surface area contributed by atoms with Crippen LogP contribution in [0, 0.1) is 23.5 Å². The average Bonchev–Trinajstić information content (AvgIpc) is 3.17. The molecule has 3 aromatic rings. The number of nitrogens with one attached hydrogen (secondary N) is 1. The fourth-order valence-electron chi connectivity index (χ4n) is 3.34. The molecule has 5 nitrogen and oxygen atoms in total. The van der Waals surface area contributed by atoms with E-state index in [1.165, 1.54) is 0 Å². The third kappa shape index (κ3) is 6.44. The smallest absolute Gasteiger partial charge is 0.226 e. The number of benzene rings is 2. The Morgan fingerprint density at radius 2 is 1.94 bits per heavy atom. The van der Waals surface area contributed by atoms with Crippen LogP contribution in [0.1, 0.15) is 31.7 Å². The molecule has 1 heterocycles. The summed E-state index contributed by atoms with van der Waals surface area (Å²) in [5.41, 5.74) is 5.87. The number of hydrogen-bond donors (Lipinski definition) is 2. The minimum Gasteiger partial charge on any atom is -0.356 e. The maximum atomic E-state index is 14.4. The zero-order chi connectivity index (χ0) is 24.0. The van der Waals surface area contributed by atoms with Gasteiger partial charge in [0.15, 0.2) is 0 Å². The first kappa shape index (κ1) is 24.5. The van der Waals surface area contributed by atoms with E-state index in [4.69, 9.17) is 5.73 Å². The topological polar surface area (TPSA) is 72.9 Å². The summed E-state index contributed by atoms with van der Waals surface area (Å²) in [4.78, 5) is 17.3. The molecule has 1 aromatic heterocycles. The lowest BCUT2D eigenvalue weighted by Gasteiger charge is -2.23. The second-order valence-corrected chi connectivity index (χ2v) is 8.55. The predicted octanol–water partition coefficient (Wildman–Crippen LogP) is 4.26. The number of nitrogens with zero attached hydrogens (tertiary/aromatic N) is 2. The summed E-state index contributed by atoms with van der Waals surface area (Å²) in [6, 6.07) is 12.2. The maximum Gasteiger partial charge on any atom is 0.226 e. The van der Waals surface area contributed by atoms with E-state index in [-0.39, 0.29) is 23.7 Å². The van der Waals surface area contributed by atoms with Crippen LogP contribution in [-0.4, -0.2) is 34.7 Å². The van der Waals surface area contributed by atoms with Crippen LogP contribution in [-0.2, 0) is 11.3 Å². The number of aromatic nitrogens is 2. The van der Waals surface area contributed by atoms with Gasteiger partial charge in [0.1, 0.15) is 24.1 Å². The highest BCUT2D eigenvalue weighted by atomic mass is 19.1. The largest absolute Gasteiger partial charge is 0.356 e. The molecule has 0 saturated carbocycles. The van der Waals surface area contributed by atoms with Crippen molar-refractivity contribution in [2.75, 3.05) is 13.2 Å². The Bertz CT molecular complexity index is 1080. The molecule has 0 aliphatic carbocycles. The van der Waals surface area contributed by atoms with Crippen molar-refractivity contribution < 1.29 is 18.0 Å². The van der Waals surface area contributed by atoms with Gasteiger partial charge in [-0.25, -0.2) is 18.2 Å². The molecule has 3 rings (SSSR count). The molecule has 0 spiro atoms. The maximum absolute atomic E-state index is 14.4. The van der Waals surface area contributed by atoms with E-state index in [0.29, 0.717) is 18.8 Å². The van der Waals surface area contributed by atoms with E-state index >= 15 is 0 Å². The molecule has 0 fully saturated rings. The van der Waals surface area contributed by atoms with Gasteiger partial charge in [-0.05, 0) is 30.2 Å². The summed E-state index contributed by atoms with van der Waals surface area (Å²) in [5, 5.41) is 2.77. The summed E-state index contributed by atoms with van der Waals surface area (Å²) in [6.45, 7) is 3.48. The Labute approximate surface area is 191 Å². The fraction of sp³-hybridized carbons (Fsp3) is 0.320. The van der Waals surface area contributed by atoms with Crippen molar-refractivity contribution in [3.05, 3.63) is 84.2 Å². The highest BCUT2D eigenvalue weighted by Crippen LogP contribution is 2.29. The van der Waals surface area contributed by atoms with Gasteiger partial charge in [-0.2, -0.15) is 0 Å². The number of imidazole rings is 1. The van der Waals surface area contributed by atoms with E-state index in [1.54, 1.807) is 31.0 Å². The first-order chi connectivity index (χ1) is 15.7. The van der Waals surface area contributed by atoms with Crippen LogP contribution >= 0.6 is 0 Å². The number of carbonyl (C=O) groups excluding carboxylic acids is 1. The molecular formula is C25H28F3N4O. The van der Waals surface area contributed by atoms with Crippen molar-refractivity contribution in [2.24, 2.45) is 11.1 Å². The quantitative estimate of drug-likeness (QED) is 0.478. The number of alkyl halides is 1. The van der Waals surface area contributed by atoms with Gasteiger partial charge in [0.25, 0.3) is 0 Å². The van der Waals surface area contributed by atoms with Crippen molar-refractivity contribution in [2.45, 2.75) is 32.9 Å². The average molecular weight is 458 g/mol. The molecule has 0 aliphatic heterocycles. The SMILES string of the molecule is CC(C)([CH]c1nc(-c2cc(F)ccc2F)cn1Cc1ccccc1)C(=O)NCC[C@H](N)CF. The molecule has 0 aliphatic rings. The van der Waals surface area contributed by atoms with E-state index < -0.39 is 29.8 Å². The number of hydrogen-bond acceptors (Lipinski definition) is 3. The summed E-state index contributed by atoms with van der Waals surface area (Å²) in [5.74, 6) is -0.992. The van der Waals surface area contributed by atoms with Gasteiger partial charge in [-0.15, -0.1) is 0 Å². The van der Waals surface area contributed by atoms with Crippen molar-refractivity contribution in [1.82, 2.24) is 14.9 Å². The molecule has 0 bridgehead atoms. The Balaban J connectivity index is 1.87. The predicted molar refractivity (Wildman–Crippen MR) is 122 cm³/mol. The zero-order valence-electron chi connectivity index (χ0n) is 18.7. The molecule has 1 radical (unpaired) electrons. The highest BCUT2D eigenvalue weighted by Gasteiger charge is 2.31. The van der Waals surface area contributed by atoms with Gasteiger partial charge < -0.3 is 15.6 Å². The third-order valence-corrected chi connectivity index (χ3v) is 5.28. The summed E-state index contributed by atoms with van der Waals surface area (Å²) >= 11 is 0. The molecule has 0 saturated heterocycles. The second-order valence-electron chi connectivity index (χ2n) is 8.55. The van der Waals surface area contributed by atoms with Gasteiger partial charge in [-0.3, -0.25) is 4.79 Å². The van der Waals surface area contributed by atoms with E-state index in [9.17, 15) is 18.0 Å². The zero-order valence-corrected chi connectivity index (χ0v) is 18.7. The first-order valence-corrected chi connectivity index (χ1v) is 10.7. The lowest BCUT2D eigenvalue weighted by Crippen LogP contribution is -2.40. The second kappa shape index (κ2) is 10.7. The number of halogens is 3. The number of carbonyl (C=O) groups is 1. The molecule has 8 heteroatoms. The molecule has 0 unspecified atom stereocenters. The lowest BCUT2D eigenvalue weighted by atomic mass is 9.87. The normalized spacial score (nSPS) is 12.5. The van der Waals surface area contributed by atoms with Gasteiger partial charge in [-0.1, -0.05) is 44.2 Å². The molecule has 175 valence electrons. The molecule has 3 N–H and O–H groups in total. The van der Waals surface area contributed by atoms with Crippen LogP contribution in [0.3, 0.4) is 0 Å². The van der Waals surface area contributed by atoms with Gasteiger partial charge in [0.05, 0.1) is 11.1 Å². The summed E-state index contributed by atoms with van der Waals surface area (Å²) in [6.07, 6.45) is 3.65. The Kier molecular flexibility index (Phi) is 7.92. The van der Waals surface area contributed by atoms with Crippen molar-refractivity contribution >= 4 is 5.91 Å². The first-order valence-electron chi connectivity index (χ1n) is 10.7. The van der Waals surface area contributed by atoms with Crippen LogP contribution in [0.5, 0.6) is 0 Å². The Hall–Kier alpha value is -3.13. The van der Waals surface area contributed by atoms with Crippen LogP contribution in [0.2, 0.25) is 0 Å². The summed E-state index contributed by atoms with van der Waals surface area (Å²) < 4.78 is 42.5. The third-order valence-electron chi connectivity index (χ3n) is 5.28. The Morgan fingerprint density at radius 3 is 2.64 bits per heavy atom. The van der Waals surface area contributed by atoms with Gasteiger partial charge in [0, 0.05) is 37.3 Å². The molecule has 33 heavy (non-hydrogen) atoms. The molecule has 2 aromatic carbocycles. The van der Waals surface area contributed by atoms with Crippen LogP contribution in [0.25, 0.3) is 11.3 Å². The molecule has 1 atom stereocenters. The number of nitrogens with two attached hydrogens (primary N) is 1. The standard InChI is InChI=1S/C25H28F3N4O/c1-25(2,24(33)30-11-10-19(29)14-26)13-23-31-22(20-12-18(27)8-9-21(20)28)16-32(23)15-17-6-4-3-5-7-17/h3-9,12-13,16,19H,10-11,14-15,29H2,1-2H3,(H,30,33)/t19-/m0/s1. The fourth-order valence-corrected chi connectivity index (χ4v) is 3.34. The Morgan fingerprint density at radius 1 is 1.21 bits per heavy atom. The van der Waals surface area contributed by atoms with E-state index in [1.807, 2.05) is 30.3 Å². The van der Waals surface area contributed by atoms with Crippen molar-refractivity contribution in [3.63, 3.8) is 0 Å². The monoisotopic (exact) mass is 457 g/mol. The van der Waals surface area contributed by atoms with Crippen LogP contribution in [0.15, 0.2) is 54.7 Å². The van der Waals surface area contributed by atoms with Crippen molar-refractivity contribution in [3.8, 4) is 11.3 Å². The minimum atomic E-state index is -0.975. The highest BCUT2D eigenvalue weighted by molar-refractivity contribution is 5.83. The summed E-state index contributed by atoms with van der Waals surface area (Å²) in [7, 11) is 0. The molecule has 1 amide bonds. The molecular weight excluding hydrogens is 429 g/mol. The lowest BCUT2D eigenvalue weighted by molar-refractivity contribution is -0.127. The van der Waals surface area contributed by atoms with E-state index in [0.717, 1.165) is 23.8 Å². The van der Waals surface area contributed by atoms with Crippen LogP contribution in [0.4, 0.5) is 13.2 Å².